The van der Waals surface area contributed by atoms with Crippen LogP contribution in [0.4, 0.5) is 5.82 Å². The van der Waals surface area contributed by atoms with Gasteiger partial charge in [0.15, 0.2) is 5.82 Å². The molecule has 0 atom stereocenters. The highest BCUT2D eigenvalue weighted by Gasteiger charge is 2.02. The lowest BCUT2D eigenvalue weighted by atomic mass is 10.3. The van der Waals surface area contributed by atoms with Crippen molar-refractivity contribution in [2.24, 2.45) is 7.05 Å². The van der Waals surface area contributed by atoms with Crippen molar-refractivity contribution in [1.29, 1.82) is 0 Å². The Labute approximate surface area is 86.7 Å². The van der Waals surface area contributed by atoms with E-state index in [4.69, 9.17) is 0 Å². The van der Waals surface area contributed by atoms with E-state index in [1.807, 2.05) is 37.1 Å². The highest BCUT2D eigenvalue weighted by Crippen LogP contribution is 2.13. The fourth-order valence-electron chi connectivity index (χ4n) is 1.29. The standard InChI is InChI=1S/C9H12N4S/c1-7-6-13(2)12-9(7)10-5-8-3-4-11-14-8/h3-4,6H,5H2,1-2H3,(H,10,12). The summed E-state index contributed by atoms with van der Waals surface area (Å²) in [5, 5.41) is 7.57. The fourth-order valence-corrected chi connectivity index (χ4v) is 1.80. The molecule has 0 radical (unpaired) electrons. The average Bonchev–Trinajstić information content (AvgIpc) is 2.72. The molecule has 0 spiro atoms. The van der Waals surface area contributed by atoms with Crippen LogP contribution in [-0.2, 0) is 13.6 Å². The molecule has 0 saturated heterocycles. The van der Waals surface area contributed by atoms with Gasteiger partial charge in [0.1, 0.15) is 0 Å². The molecule has 2 aromatic rings. The van der Waals surface area contributed by atoms with Crippen LogP contribution in [0, 0.1) is 6.92 Å². The van der Waals surface area contributed by atoms with Crippen LogP contribution in [0.2, 0.25) is 0 Å². The molecule has 0 aromatic carbocycles. The second-order valence-electron chi connectivity index (χ2n) is 3.17. The first-order valence-corrected chi connectivity index (χ1v) is 5.17. The number of aryl methyl sites for hydroxylation is 2. The molecular weight excluding hydrogens is 196 g/mol. The number of hydrogen-bond donors (Lipinski definition) is 1. The highest BCUT2D eigenvalue weighted by molar-refractivity contribution is 7.05. The smallest absolute Gasteiger partial charge is 0.151 e. The first-order chi connectivity index (χ1) is 6.75. The Hall–Kier alpha value is -1.36. The molecule has 2 heterocycles. The second kappa shape index (κ2) is 3.79. The van der Waals surface area contributed by atoms with Gasteiger partial charge < -0.3 is 5.32 Å². The molecule has 0 saturated carbocycles. The van der Waals surface area contributed by atoms with Crippen LogP contribution in [0.5, 0.6) is 0 Å². The maximum atomic E-state index is 4.30. The van der Waals surface area contributed by atoms with Crippen LogP contribution in [0.3, 0.4) is 0 Å². The van der Waals surface area contributed by atoms with E-state index in [2.05, 4.69) is 14.8 Å². The van der Waals surface area contributed by atoms with Gasteiger partial charge in [0, 0.05) is 29.9 Å². The van der Waals surface area contributed by atoms with Crippen molar-refractivity contribution in [3.8, 4) is 0 Å². The van der Waals surface area contributed by atoms with Gasteiger partial charge in [0.25, 0.3) is 0 Å². The van der Waals surface area contributed by atoms with E-state index < -0.39 is 0 Å². The quantitative estimate of drug-likeness (QED) is 0.836. The van der Waals surface area contributed by atoms with E-state index in [0.717, 1.165) is 17.9 Å². The SMILES string of the molecule is Cc1cn(C)nc1NCc1ccns1. The summed E-state index contributed by atoms with van der Waals surface area (Å²) in [5.74, 6) is 0.945. The third-order valence-corrected chi connectivity index (χ3v) is 2.68. The maximum absolute atomic E-state index is 4.30. The molecule has 0 bridgehead atoms. The van der Waals surface area contributed by atoms with Gasteiger partial charge in [-0.05, 0) is 24.5 Å². The van der Waals surface area contributed by atoms with Crippen LogP contribution < -0.4 is 5.32 Å². The van der Waals surface area contributed by atoms with Gasteiger partial charge in [-0.1, -0.05) is 0 Å². The minimum atomic E-state index is 0.794. The second-order valence-corrected chi connectivity index (χ2v) is 4.08. The zero-order valence-electron chi connectivity index (χ0n) is 8.19. The van der Waals surface area contributed by atoms with E-state index in [9.17, 15) is 0 Å². The van der Waals surface area contributed by atoms with Crippen molar-refractivity contribution in [1.82, 2.24) is 14.2 Å². The first-order valence-electron chi connectivity index (χ1n) is 4.39. The van der Waals surface area contributed by atoms with Crippen molar-refractivity contribution < 1.29 is 0 Å². The highest BCUT2D eigenvalue weighted by atomic mass is 32.1. The predicted octanol–water partition coefficient (Wildman–Crippen LogP) is 1.80. The van der Waals surface area contributed by atoms with Crippen molar-refractivity contribution in [2.75, 3.05) is 5.32 Å². The van der Waals surface area contributed by atoms with Crippen molar-refractivity contribution in [3.05, 3.63) is 28.9 Å². The summed E-state index contributed by atoms with van der Waals surface area (Å²) in [6, 6.07) is 2.01. The third-order valence-electron chi connectivity index (χ3n) is 1.93. The van der Waals surface area contributed by atoms with Gasteiger partial charge in [-0.3, -0.25) is 4.68 Å². The maximum Gasteiger partial charge on any atom is 0.151 e. The summed E-state index contributed by atoms with van der Waals surface area (Å²) >= 11 is 1.51. The van der Waals surface area contributed by atoms with Gasteiger partial charge in [-0.25, -0.2) is 4.37 Å². The van der Waals surface area contributed by atoms with Gasteiger partial charge >= 0.3 is 0 Å². The molecule has 0 unspecified atom stereocenters. The average molecular weight is 208 g/mol. The molecule has 2 aromatic heterocycles. The normalized spacial score (nSPS) is 10.4. The molecular formula is C9H12N4S. The van der Waals surface area contributed by atoms with Crippen LogP contribution in [-0.4, -0.2) is 14.2 Å². The monoisotopic (exact) mass is 208 g/mol. The summed E-state index contributed by atoms with van der Waals surface area (Å²) in [6.07, 6.45) is 3.81. The number of anilines is 1. The third kappa shape index (κ3) is 1.93. The molecule has 0 amide bonds. The van der Waals surface area contributed by atoms with E-state index in [1.165, 1.54) is 16.4 Å². The van der Waals surface area contributed by atoms with E-state index in [-0.39, 0.29) is 0 Å². The summed E-state index contributed by atoms with van der Waals surface area (Å²) in [5.41, 5.74) is 1.16. The van der Waals surface area contributed by atoms with Gasteiger partial charge in [-0.2, -0.15) is 5.10 Å². The Morgan fingerprint density at radius 2 is 2.43 bits per heavy atom. The summed E-state index contributed by atoms with van der Waals surface area (Å²) in [6.45, 7) is 2.84. The molecule has 0 aliphatic carbocycles. The molecule has 0 aliphatic heterocycles. The molecule has 1 N–H and O–H groups in total. The Balaban J connectivity index is 2.01. The number of hydrogen-bond acceptors (Lipinski definition) is 4. The van der Waals surface area contributed by atoms with Gasteiger partial charge in [-0.15, -0.1) is 0 Å². The van der Waals surface area contributed by atoms with E-state index >= 15 is 0 Å². The van der Waals surface area contributed by atoms with Crippen LogP contribution >= 0.6 is 11.5 Å². The van der Waals surface area contributed by atoms with Gasteiger partial charge in [0.2, 0.25) is 0 Å². The van der Waals surface area contributed by atoms with Crippen LogP contribution in [0.25, 0.3) is 0 Å². The van der Waals surface area contributed by atoms with Crippen LogP contribution in [0.1, 0.15) is 10.4 Å². The molecule has 4 nitrogen and oxygen atoms in total. The van der Waals surface area contributed by atoms with E-state index in [0.29, 0.717) is 0 Å². The minimum absolute atomic E-state index is 0.794. The summed E-state index contributed by atoms with van der Waals surface area (Å²) in [7, 11) is 1.92. The van der Waals surface area contributed by atoms with Crippen molar-refractivity contribution >= 4 is 17.4 Å². The largest absolute Gasteiger partial charge is 0.363 e. The lowest BCUT2D eigenvalue weighted by molar-refractivity contribution is 0.768. The molecule has 14 heavy (non-hydrogen) atoms. The number of aromatic nitrogens is 3. The Morgan fingerprint density at radius 1 is 1.57 bits per heavy atom. The number of nitrogens with zero attached hydrogens (tertiary/aromatic N) is 3. The van der Waals surface area contributed by atoms with E-state index in [1.54, 1.807) is 0 Å². The van der Waals surface area contributed by atoms with Crippen molar-refractivity contribution in [3.63, 3.8) is 0 Å². The van der Waals surface area contributed by atoms with Gasteiger partial charge in [0.05, 0.1) is 6.54 Å². The molecule has 0 fully saturated rings. The topological polar surface area (TPSA) is 42.7 Å². The zero-order chi connectivity index (χ0) is 9.97. The number of nitrogens with one attached hydrogen (secondary N) is 1. The first kappa shape index (κ1) is 9.21. The Kier molecular flexibility index (Phi) is 2.49. The molecule has 2 rings (SSSR count). The summed E-state index contributed by atoms with van der Waals surface area (Å²) < 4.78 is 5.85. The lowest BCUT2D eigenvalue weighted by Gasteiger charge is -2.00. The Morgan fingerprint density at radius 3 is 3.00 bits per heavy atom. The molecule has 0 aliphatic rings. The van der Waals surface area contributed by atoms with Crippen molar-refractivity contribution in [2.45, 2.75) is 13.5 Å². The number of rotatable bonds is 3. The zero-order valence-corrected chi connectivity index (χ0v) is 9.01. The lowest BCUT2D eigenvalue weighted by Crippen LogP contribution is -2.00. The molecule has 74 valence electrons. The summed E-state index contributed by atoms with van der Waals surface area (Å²) in [4.78, 5) is 1.22. The Bertz CT molecular complexity index is 404. The van der Waals surface area contributed by atoms with Crippen LogP contribution in [0.15, 0.2) is 18.5 Å². The fraction of sp³-hybridized carbons (Fsp3) is 0.333. The minimum Gasteiger partial charge on any atom is -0.363 e. The predicted molar refractivity (Wildman–Crippen MR) is 57.4 cm³/mol. The molecule has 5 heteroatoms.